The van der Waals surface area contributed by atoms with Gasteiger partial charge in [-0.05, 0) is 42.8 Å². The molecule has 0 atom stereocenters. The summed E-state index contributed by atoms with van der Waals surface area (Å²) >= 11 is 1.44. The molecule has 2 aromatic rings. The van der Waals surface area contributed by atoms with Crippen molar-refractivity contribution in [1.82, 2.24) is 0 Å². The molecule has 7 heteroatoms. The van der Waals surface area contributed by atoms with Crippen LogP contribution in [0.1, 0.15) is 26.2 Å². The Morgan fingerprint density at radius 2 is 1.61 bits per heavy atom. The van der Waals surface area contributed by atoms with Crippen molar-refractivity contribution in [3.05, 3.63) is 42.5 Å². The first kappa shape index (κ1) is 20.1. The second-order valence-corrected chi connectivity index (χ2v) is 7.42. The first-order valence-electron chi connectivity index (χ1n) is 9.36. The molecule has 1 heterocycles. The Bertz CT molecular complexity index is 824. The summed E-state index contributed by atoms with van der Waals surface area (Å²) in [5.41, 5.74) is 1.45. The maximum absolute atomic E-state index is 12.2. The summed E-state index contributed by atoms with van der Waals surface area (Å²) in [4.78, 5) is 24.9. The lowest BCUT2D eigenvalue weighted by Gasteiger charge is -2.19. The number of anilines is 2. The second-order valence-electron chi connectivity index (χ2n) is 6.37. The molecule has 0 unspecified atom stereocenters. The van der Waals surface area contributed by atoms with Gasteiger partial charge in [0.05, 0.1) is 5.75 Å². The molecule has 0 bridgehead atoms. The van der Waals surface area contributed by atoms with Crippen LogP contribution in [0.3, 0.4) is 0 Å². The number of ether oxygens (including phenoxy) is 2. The van der Waals surface area contributed by atoms with Gasteiger partial charge in [0, 0.05) is 28.8 Å². The first-order chi connectivity index (χ1) is 13.6. The quantitative estimate of drug-likeness (QED) is 0.646. The van der Waals surface area contributed by atoms with E-state index in [1.165, 1.54) is 11.8 Å². The highest BCUT2D eigenvalue weighted by Gasteiger charge is 2.13. The number of nitrogens with one attached hydrogen (secondary N) is 2. The average Bonchev–Trinajstić information content (AvgIpc) is 2.71. The van der Waals surface area contributed by atoms with Crippen molar-refractivity contribution in [2.75, 3.05) is 29.6 Å². The molecule has 148 valence electrons. The smallest absolute Gasteiger partial charge is 0.234 e. The summed E-state index contributed by atoms with van der Waals surface area (Å²) in [5, 5.41) is 5.74. The lowest BCUT2D eigenvalue weighted by Crippen LogP contribution is -2.17. The van der Waals surface area contributed by atoms with Crippen LogP contribution in [0.25, 0.3) is 0 Å². The number of fused-ring (bicyclic) bond motifs is 1. The van der Waals surface area contributed by atoms with E-state index in [1.54, 1.807) is 18.2 Å². The van der Waals surface area contributed by atoms with Crippen molar-refractivity contribution in [3.8, 4) is 11.5 Å². The first-order valence-corrected chi connectivity index (χ1v) is 10.3. The molecule has 2 aromatic carbocycles. The zero-order valence-electron chi connectivity index (χ0n) is 15.8. The van der Waals surface area contributed by atoms with Gasteiger partial charge in [-0.15, -0.1) is 11.8 Å². The van der Waals surface area contributed by atoms with Crippen LogP contribution in [-0.4, -0.2) is 30.8 Å². The molecule has 1 aliphatic heterocycles. The molecule has 28 heavy (non-hydrogen) atoms. The van der Waals surface area contributed by atoms with Crippen LogP contribution in [0, 0.1) is 0 Å². The van der Waals surface area contributed by atoms with Gasteiger partial charge in [0.2, 0.25) is 11.8 Å². The summed E-state index contributed by atoms with van der Waals surface area (Å²) in [6.07, 6.45) is 2.42. The Kier molecular flexibility index (Phi) is 7.19. The maximum Gasteiger partial charge on any atom is 0.234 e. The van der Waals surface area contributed by atoms with Crippen molar-refractivity contribution >= 4 is 35.0 Å². The number of hydrogen-bond donors (Lipinski definition) is 2. The SMILES string of the molecule is CCCCC(=O)Nc1ccc(SCC(=O)Nc2ccc3c(c2)OCCO3)cc1. The highest BCUT2D eigenvalue weighted by molar-refractivity contribution is 8.00. The molecule has 0 saturated heterocycles. The summed E-state index contributed by atoms with van der Waals surface area (Å²) in [6.45, 7) is 3.11. The molecular weight excluding hydrogens is 376 g/mol. The molecule has 1 aliphatic rings. The van der Waals surface area contributed by atoms with Gasteiger partial charge in [0.25, 0.3) is 0 Å². The van der Waals surface area contributed by atoms with E-state index in [0.29, 0.717) is 36.8 Å². The molecule has 0 aromatic heterocycles. The number of rotatable bonds is 8. The summed E-state index contributed by atoms with van der Waals surface area (Å²) in [7, 11) is 0. The Morgan fingerprint density at radius 3 is 2.36 bits per heavy atom. The van der Waals surface area contributed by atoms with E-state index in [-0.39, 0.29) is 17.6 Å². The fourth-order valence-electron chi connectivity index (χ4n) is 2.66. The molecule has 0 fully saturated rings. The monoisotopic (exact) mass is 400 g/mol. The van der Waals surface area contributed by atoms with E-state index >= 15 is 0 Å². The number of carbonyl (C=O) groups is 2. The lowest BCUT2D eigenvalue weighted by atomic mass is 10.2. The van der Waals surface area contributed by atoms with Crippen molar-refractivity contribution in [3.63, 3.8) is 0 Å². The number of amides is 2. The number of benzene rings is 2. The minimum Gasteiger partial charge on any atom is -0.486 e. The molecule has 0 aliphatic carbocycles. The Balaban J connectivity index is 1.46. The predicted molar refractivity (Wildman–Crippen MR) is 111 cm³/mol. The van der Waals surface area contributed by atoms with E-state index in [1.807, 2.05) is 24.3 Å². The molecule has 2 N–H and O–H groups in total. The van der Waals surface area contributed by atoms with Crippen LogP contribution in [0.4, 0.5) is 11.4 Å². The van der Waals surface area contributed by atoms with Crippen molar-refractivity contribution in [2.24, 2.45) is 0 Å². The van der Waals surface area contributed by atoms with Crippen molar-refractivity contribution in [2.45, 2.75) is 31.1 Å². The van der Waals surface area contributed by atoms with E-state index in [9.17, 15) is 9.59 Å². The van der Waals surface area contributed by atoms with Crippen LogP contribution in [0.5, 0.6) is 11.5 Å². The summed E-state index contributed by atoms with van der Waals surface area (Å²) < 4.78 is 11.0. The Labute approximate surface area is 169 Å². The van der Waals surface area contributed by atoms with Gasteiger partial charge in [0.15, 0.2) is 11.5 Å². The van der Waals surface area contributed by atoms with Gasteiger partial charge in [-0.25, -0.2) is 0 Å². The Hall–Kier alpha value is -2.67. The summed E-state index contributed by atoms with van der Waals surface area (Å²) in [6, 6.07) is 12.9. The number of carbonyl (C=O) groups excluding carboxylic acids is 2. The molecule has 0 radical (unpaired) electrons. The fraction of sp³-hybridized carbons (Fsp3) is 0.333. The van der Waals surface area contributed by atoms with Gasteiger partial charge >= 0.3 is 0 Å². The van der Waals surface area contributed by atoms with E-state index in [4.69, 9.17) is 9.47 Å². The minimum absolute atomic E-state index is 0.0288. The maximum atomic E-state index is 12.2. The van der Waals surface area contributed by atoms with Gasteiger partial charge < -0.3 is 20.1 Å². The van der Waals surface area contributed by atoms with Gasteiger partial charge in [-0.3, -0.25) is 9.59 Å². The Morgan fingerprint density at radius 1 is 0.929 bits per heavy atom. The van der Waals surface area contributed by atoms with Crippen LogP contribution < -0.4 is 20.1 Å². The van der Waals surface area contributed by atoms with Gasteiger partial charge in [-0.2, -0.15) is 0 Å². The average molecular weight is 401 g/mol. The number of unbranched alkanes of at least 4 members (excludes halogenated alkanes) is 1. The minimum atomic E-state index is -0.0985. The molecule has 6 nitrogen and oxygen atoms in total. The van der Waals surface area contributed by atoms with Crippen LogP contribution in [-0.2, 0) is 9.59 Å². The largest absolute Gasteiger partial charge is 0.486 e. The zero-order chi connectivity index (χ0) is 19.8. The van der Waals surface area contributed by atoms with Crippen LogP contribution in [0.15, 0.2) is 47.4 Å². The van der Waals surface area contributed by atoms with E-state index in [2.05, 4.69) is 17.6 Å². The van der Waals surface area contributed by atoms with Crippen LogP contribution in [0.2, 0.25) is 0 Å². The number of hydrogen-bond acceptors (Lipinski definition) is 5. The van der Waals surface area contributed by atoms with E-state index < -0.39 is 0 Å². The zero-order valence-corrected chi connectivity index (χ0v) is 16.6. The third kappa shape index (κ3) is 5.92. The molecule has 0 saturated carbocycles. The van der Waals surface area contributed by atoms with Crippen molar-refractivity contribution in [1.29, 1.82) is 0 Å². The molecule has 3 rings (SSSR count). The molecular formula is C21H24N2O4S. The standard InChI is InChI=1S/C21H24N2O4S/c1-2-3-4-20(24)22-15-5-8-17(9-6-15)28-14-21(25)23-16-7-10-18-19(13-16)27-12-11-26-18/h5-10,13H,2-4,11-12,14H2,1H3,(H,22,24)(H,23,25). The fourth-order valence-corrected chi connectivity index (χ4v) is 3.36. The van der Waals surface area contributed by atoms with Gasteiger partial charge in [0.1, 0.15) is 13.2 Å². The predicted octanol–water partition coefficient (Wildman–Crippen LogP) is 4.32. The normalized spacial score (nSPS) is 12.3. The highest BCUT2D eigenvalue weighted by atomic mass is 32.2. The third-order valence-corrected chi connectivity index (χ3v) is 5.10. The topological polar surface area (TPSA) is 76.7 Å². The van der Waals surface area contributed by atoms with Gasteiger partial charge in [-0.1, -0.05) is 13.3 Å². The second kappa shape index (κ2) is 10.0. The molecule has 0 spiro atoms. The molecule has 2 amide bonds. The number of thioether (sulfide) groups is 1. The summed E-state index contributed by atoms with van der Waals surface area (Å²) in [5.74, 6) is 1.56. The van der Waals surface area contributed by atoms with Crippen LogP contribution >= 0.6 is 11.8 Å². The third-order valence-electron chi connectivity index (χ3n) is 4.09. The highest BCUT2D eigenvalue weighted by Crippen LogP contribution is 2.32. The van der Waals surface area contributed by atoms with Crippen molar-refractivity contribution < 1.29 is 19.1 Å². The van der Waals surface area contributed by atoms with E-state index in [0.717, 1.165) is 23.4 Å². The lowest BCUT2D eigenvalue weighted by molar-refractivity contribution is -0.116.